The second-order valence-electron chi connectivity index (χ2n) is 5.64. The summed E-state index contributed by atoms with van der Waals surface area (Å²) in [5, 5.41) is 5.31. The molecule has 0 radical (unpaired) electrons. The van der Waals surface area contributed by atoms with Crippen molar-refractivity contribution in [1.82, 2.24) is 10.6 Å². The summed E-state index contributed by atoms with van der Waals surface area (Å²) in [4.78, 5) is 23.7. The minimum atomic E-state index is -0.904. The van der Waals surface area contributed by atoms with E-state index in [1.165, 1.54) is 6.07 Å². The lowest BCUT2D eigenvalue weighted by Crippen LogP contribution is -2.52. The van der Waals surface area contributed by atoms with Gasteiger partial charge in [0.1, 0.15) is 5.82 Å². The maximum atomic E-state index is 13.4. The maximum absolute atomic E-state index is 13.4. The van der Waals surface area contributed by atoms with Crippen molar-refractivity contribution < 1.29 is 14.0 Å². The Bertz CT molecular complexity index is 550. The third-order valence-electron chi connectivity index (χ3n) is 3.42. The molecule has 1 unspecified atom stereocenters. The van der Waals surface area contributed by atoms with Crippen molar-refractivity contribution in [3.05, 3.63) is 35.1 Å². The van der Waals surface area contributed by atoms with E-state index in [1.807, 2.05) is 6.92 Å². The van der Waals surface area contributed by atoms with E-state index in [4.69, 9.17) is 5.73 Å². The van der Waals surface area contributed by atoms with E-state index in [2.05, 4.69) is 10.6 Å². The highest BCUT2D eigenvalue weighted by atomic mass is 35.5. The van der Waals surface area contributed by atoms with Gasteiger partial charge in [-0.05, 0) is 38.0 Å². The second-order valence-corrected chi connectivity index (χ2v) is 5.64. The predicted octanol–water partition coefficient (Wildman–Crippen LogP) is 1.92. The Morgan fingerprint density at radius 3 is 2.43 bits per heavy atom. The van der Waals surface area contributed by atoms with Crippen molar-refractivity contribution in [2.24, 2.45) is 5.73 Å². The van der Waals surface area contributed by atoms with E-state index in [0.717, 1.165) is 6.42 Å². The van der Waals surface area contributed by atoms with Gasteiger partial charge < -0.3 is 16.4 Å². The fourth-order valence-electron chi connectivity index (χ4n) is 2.02. The van der Waals surface area contributed by atoms with Crippen LogP contribution in [0.2, 0.25) is 0 Å². The molecule has 23 heavy (non-hydrogen) atoms. The van der Waals surface area contributed by atoms with Gasteiger partial charge in [0.25, 0.3) is 5.91 Å². The van der Waals surface area contributed by atoms with E-state index < -0.39 is 11.4 Å². The number of amides is 2. The maximum Gasteiger partial charge on any atom is 0.251 e. The Morgan fingerprint density at radius 2 is 1.87 bits per heavy atom. The quantitative estimate of drug-likeness (QED) is 0.660. The number of nitrogens with one attached hydrogen (secondary N) is 2. The van der Waals surface area contributed by atoms with Gasteiger partial charge in [0.15, 0.2) is 0 Å². The topological polar surface area (TPSA) is 84.2 Å². The lowest BCUT2D eigenvalue weighted by atomic mass is 9.97. The van der Waals surface area contributed by atoms with Gasteiger partial charge in [-0.25, -0.2) is 4.39 Å². The molecular weight excluding hydrogens is 321 g/mol. The summed E-state index contributed by atoms with van der Waals surface area (Å²) in [5.41, 5.74) is 5.73. The number of rotatable bonds is 7. The number of nitrogens with two attached hydrogens (primary N) is 1. The lowest BCUT2D eigenvalue weighted by Gasteiger charge is -2.22. The number of aryl methyl sites for hydroxylation is 1. The van der Waals surface area contributed by atoms with Crippen molar-refractivity contribution in [3.8, 4) is 0 Å². The average Bonchev–Trinajstić information content (AvgIpc) is 2.45. The van der Waals surface area contributed by atoms with Crippen LogP contribution in [0.4, 0.5) is 4.39 Å². The molecule has 0 bridgehead atoms. The number of carbonyl (C=O) groups excluding carboxylic acids is 2. The van der Waals surface area contributed by atoms with Gasteiger partial charge in [0.2, 0.25) is 5.91 Å². The summed E-state index contributed by atoms with van der Waals surface area (Å²) >= 11 is 0. The summed E-state index contributed by atoms with van der Waals surface area (Å²) in [6.07, 6.45) is 1.41. The molecule has 1 aromatic rings. The van der Waals surface area contributed by atoms with Crippen molar-refractivity contribution >= 4 is 24.2 Å². The molecule has 7 heteroatoms. The molecule has 0 aliphatic heterocycles. The molecule has 0 saturated heterocycles. The Balaban J connectivity index is 0.00000484. The van der Waals surface area contributed by atoms with Crippen molar-refractivity contribution in [2.75, 3.05) is 13.1 Å². The molecular formula is C16H25ClFN3O2. The minimum absolute atomic E-state index is 0. The first-order chi connectivity index (χ1) is 10.3. The third-order valence-corrected chi connectivity index (χ3v) is 3.42. The lowest BCUT2D eigenvalue weighted by molar-refractivity contribution is -0.126. The summed E-state index contributed by atoms with van der Waals surface area (Å²) < 4.78 is 13.4. The normalized spacial score (nSPS) is 12.7. The molecule has 0 saturated carbocycles. The van der Waals surface area contributed by atoms with E-state index in [1.54, 1.807) is 26.0 Å². The third kappa shape index (κ3) is 6.54. The van der Waals surface area contributed by atoms with E-state index in [0.29, 0.717) is 12.0 Å². The predicted molar refractivity (Wildman–Crippen MR) is 91.2 cm³/mol. The van der Waals surface area contributed by atoms with E-state index in [-0.39, 0.29) is 42.9 Å². The number of hydrogen-bond acceptors (Lipinski definition) is 3. The molecule has 1 aromatic carbocycles. The zero-order valence-corrected chi connectivity index (χ0v) is 14.6. The van der Waals surface area contributed by atoms with Crippen LogP contribution in [-0.4, -0.2) is 30.4 Å². The molecule has 1 rings (SSSR count). The SMILES string of the molecule is CCCC(C)(N)C(=O)NCCNC(=O)c1ccc(C)c(F)c1.Cl. The van der Waals surface area contributed by atoms with Crippen LogP contribution >= 0.6 is 12.4 Å². The van der Waals surface area contributed by atoms with Gasteiger partial charge in [-0.1, -0.05) is 19.4 Å². The Hall–Kier alpha value is -1.66. The molecule has 0 heterocycles. The number of carbonyl (C=O) groups is 2. The highest BCUT2D eigenvalue weighted by Gasteiger charge is 2.26. The van der Waals surface area contributed by atoms with Gasteiger partial charge in [0.05, 0.1) is 5.54 Å². The molecule has 0 fully saturated rings. The monoisotopic (exact) mass is 345 g/mol. The smallest absolute Gasteiger partial charge is 0.251 e. The Morgan fingerprint density at radius 1 is 1.26 bits per heavy atom. The van der Waals surface area contributed by atoms with Crippen molar-refractivity contribution in [2.45, 2.75) is 39.2 Å². The van der Waals surface area contributed by atoms with Crippen LogP contribution < -0.4 is 16.4 Å². The molecule has 0 aromatic heterocycles. The number of halogens is 2. The highest BCUT2D eigenvalue weighted by molar-refractivity contribution is 5.94. The molecule has 0 aliphatic rings. The zero-order valence-electron chi connectivity index (χ0n) is 13.7. The standard InChI is InChI=1S/C16H24FN3O2.ClH/c1-4-7-16(3,18)15(22)20-9-8-19-14(21)12-6-5-11(2)13(17)10-12;/h5-6,10H,4,7-9,18H2,1-3H3,(H,19,21)(H,20,22);1H. The zero-order chi connectivity index (χ0) is 16.8. The largest absolute Gasteiger partial charge is 0.353 e. The Kier molecular flexibility index (Phi) is 8.79. The summed E-state index contributed by atoms with van der Waals surface area (Å²) in [5.74, 6) is -1.04. The fraction of sp³-hybridized carbons (Fsp3) is 0.500. The summed E-state index contributed by atoms with van der Waals surface area (Å²) in [7, 11) is 0. The van der Waals surface area contributed by atoms with Gasteiger partial charge in [-0.2, -0.15) is 0 Å². The average molecular weight is 346 g/mol. The van der Waals surface area contributed by atoms with Gasteiger partial charge in [-0.15, -0.1) is 12.4 Å². The van der Waals surface area contributed by atoms with Crippen LogP contribution in [0.25, 0.3) is 0 Å². The van der Waals surface area contributed by atoms with Gasteiger partial charge >= 0.3 is 0 Å². The van der Waals surface area contributed by atoms with Crippen LogP contribution in [0.1, 0.15) is 42.6 Å². The molecule has 2 amide bonds. The minimum Gasteiger partial charge on any atom is -0.353 e. The van der Waals surface area contributed by atoms with Crippen LogP contribution in [0, 0.1) is 12.7 Å². The molecule has 1 atom stereocenters. The molecule has 4 N–H and O–H groups in total. The van der Waals surface area contributed by atoms with Crippen LogP contribution in [0.5, 0.6) is 0 Å². The van der Waals surface area contributed by atoms with Crippen molar-refractivity contribution in [3.63, 3.8) is 0 Å². The number of hydrogen-bond donors (Lipinski definition) is 3. The van der Waals surface area contributed by atoms with E-state index in [9.17, 15) is 14.0 Å². The van der Waals surface area contributed by atoms with Crippen LogP contribution in [0.3, 0.4) is 0 Å². The highest BCUT2D eigenvalue weighted by Crippen LogP contribution is 2.09. The molecule has 5 nitrogen and oxygen atoms in total. The first kappa shape index (κ1) is 21.3. The fourth-order valence-corrected chi connectivity index (χ4v) is 2.02. The van der Waals surface area contributed by atoms with E-state index >= 15 is 0 Å². The van der Waals surface area contributed by atoms with Gasteiger partial charge in [-0.3, -0.25) is 9.59 Å². The first-order valence-electron chi connectivity index (χ1n) is 7.39. The molecule has 0 spiro atoms. The number of benzene rings is 1. The molecule has 130 valence electrons. The summed E-state index contributed by atoms with van der Waals surface area (Å²) in [6.45, 7) is 5.79. The first-order valence-corrected chi connectivity index (χ1v) is 7.39. The van der Waals surface area contributed by atoms with Crippen LogP contribution in [0.15, 0.2) is 18.2 Å². The molecule has 0 aliphatic carbocycles. The van der Waals surface area contributed by atoms with Gasteiger partial charge in [0, 0.05) is 18.7 Å². The Labute approximate surface area is 142 Å². The van der Waals surface area contributed by atoms with Crippen molar-refractivity contribution in [1.29, 1.82) is 0 Å². The second kappa shape index (κ2) is 9.47. The van der Waals surface area contributed by atoms with Crippen LogP contribution in [-0.2, 0) is 4.79 Å². The summed E-state index contributed by atoms with van der Waals surface area (Å²) in [6, 6.07) is 4.31.